The van der Waals surface area contributed by atoms with Crippen LogP contribution in [0.15, 0.2) is 0 Å². The Balaban J connectivity index is 1.90. The van der Waals surface area contributed by atoms with Crippen LogP contribution in [0.1, 0.15) is 32.1 Å². The number of hydrogen-bond acceptors (Lipinski definition) is 2. The summed E-state index contributed by atoms with van der Waals surface area (Å²) in [6, 6.07) is 0. The van der Waals surface area contributed by atoms with E-state index in [1.807, 2.05) is 0 Å². The summed E-state index contributed by atoms with van der Waals surface area (Å²) in [5, 5.41) is 4.15. The molecule has 13 heavy (non-hydrogen) atoms. The molecule has 0 heterocycles. The molecule has 1 aliphatic rings. The summed E-state index contributed by atoms with van der Waals surface area (Å²) in [6.45, 7) is 1.77. The Morgan fingerprint density at radius 3 is 2.77 bits per heavy atom. The number of terminal acetylenes is 1. The Morgan fingerprint density at radius 1 is 1.31 bits per heavy atom. The van der Waals surface area contributed by atoms with Gasteiger partial charge in [0, 0.05) is 17.5 Å². The van der Waals surface area contributed by atoms with E-state index in [9.17, 15) is 0 Å². The second-order valence-corrected chi connectivity index (χ2v) is 4.92. The predicted molar refractivity (Wildman–Crippen MR) is 61.0 cm³/mol. The van der Waals surface area contributed by atoms with Gasteiger partial charge in [-0.15, -0.1) is 6.42 Å². The average molecular weight is 197 g/mol. The third-order valence-electron chi connectivity index (χ3n) is 2.41. The lowest BCUT2D eigenvalue weighted by Crippen LogP contribution is -2.19. The molecule has 2 heteroatoms. The van der Waals surface area contributed by atoms with Crippen molar-refractivity contribution in [3.8, 4) is 12.3 Å². The number of thioether (sulfide) groups is 1. The van der Waals surface area contributed by atoms with Crippen molar-refractivity contribution in [2.45, 2.75) is 37.4 Å². The van der Waals surface area contributed by atoms with Gasteiger partial charge in [0.2, 0.25) is 0 Å². The molecule has 1 aliphatic carbocycles. The zero-order valence-electron chi connectivity index (χ0n) is 8.22. The molecule has 1 N–H and O–H groups in total. The topological polar surface area (TPSA) is 12.0 Å². The highest BCUT2D eigenvalue weighted by atomic mass is 32.2. The Labute approximate surface area is 86.1 Å². The molecule has 0 atom stereocenters. The van der Waals surface area contributed by atoms with E-state index < -0.39 is 0 Å². The van der Waals surface area contributed by atoms with Gasteiger partial charge in [0.25, 0.3) is 0 Å². The molecule has 0 unspecified atom stereocenters. The zero-order chi connectivity index (χ0) is 9.36. The summed E-state index contributed by atoms with van der Waals surface area (Å²) >= 11 is 2.12. The molecule has 1 rings (SSSR count). The molecule has 1 saturated carbocycles. The SMILES string of the molecule is C#CCNCCSC1CCCCC1. The smallest absolute Gasteiger partial charge is 0.0574 e. The van der Waals surface area contributed by atoms with E-state index in [-0.39, 0.29) is 0 Å². The second kappa shape index (κ2) is 7.29. The minimum Gasteiger partial charge on any atom is -0.305 e. The monoisotopic (exact) mass is 197 g/mol. The van der Waals surface area contributed by atoms with Gasteiger partial charge in [-0.2, -0.15) is 11.8 Å². The van der Waals surface area contributed by atoms with Gasteiger partial charge in [0.1, 0.15) is 0 Å². The summed E-state index contributed by atoms with van der Waals surface area (Å²) in [5.74, 6) is 3.80. The Morgan fingerprint density at radius 2 is 2.08 bits per heavy atom. The molecule has 0 amide bonds. The van der Waals surface area contributed by atoms with Crippen LogP contribution in [0, 0.1) is 12.3 Å². The van der Waals surface area contributed by atoms with Gasteiger partial charge in [-0.3, -0.25) is 0 Å². The first-order valence-electron chi connectivity index (χ1n) is 5.19. The number of hydrogen-bond donors (Lipinski definition) is 1. The first-order chi connectivity index (χ1) is 6.43. The molecule has 0 aliphatic heterocycles. The third kappa shape index (κ3) is 5.23. The van der Waals surface area contributed by atoms with Crippen molar-refractivity contribution in [1.29, 1.82) is 0 Å². The van der Waals surface area contributed by atoms with Crippen molar-refractivity contribution in [3.05, 3.63) is 0 Å². The van der Waals surface area contributed by atoms with Crippen molar-refractivity contribution < 1.29 is 0 Å². The highest BCUT2D eigenvalue weighted by Crippen LogP contribution is 2.27. The van der Waals surface area contributed by atoms with Gasteiger partial charge in [-0.05, 0) is 12.8 Å². The zero-order valence-corrected chi connectivity index (χ0v) is 9.04. The van der Waals surface area contributed by atoms with Gasteiger partial charge in [-0.1, -0.05) is 25.2 Å². The molecule has 1 nitrogen and oxygen atoms in total. The van der Waals surface area contributed by atoms with E-state index in [2.05, 4.69) is 23.0 Å². The standard InChI is InChI=1S/C11H19NS/c1-2-8-12-9-10-13-11-6-4-3-5-7-11/h1,11-12H,3-10H2. The second-order valence-electron chi connectivity index (χ2n) is 3.51. The quantitative estimate of drug-likeness (QED) is 0.536. The molecule has 0 radical (unpaired) electrons. The normalized spacial score (nSPS) is 18.4. The van der Waals surface area contributed by atoms with E-state index in [1.54, 1.807) is 0 Å². The Kier molecular flexibility index (Phi) is 6.14. The molecular weight excluding hydrogens is 178 g/mol. The maximum Gasteiger partial charge on any atom is 0.0574 e. The van der Waals surface area contributed by atoms with Crippen LogP contribution in [0.5, 0.6) is 0 Å². The largest absolute Gasteiger partial charge is 0.305 e. The molecule has 0 spiro atoms. The summed E-state index contributed by atoms with van der Waals surface area (Å²) < 4.78 is 0. The van der Waals surface area contributed by atoms with Crippen molar-refractivity contribution in [1.82, 2.24) is 5.32 Å². The average Bonchev–Trinajstić information content (AvgIpc) is 2.19. The highest BCUT2D eigenvalue weighted by Gasteiger charge is 2.12. The van der Waals surface area contributed by atoms with Crippen molar-refractivity contribution in [2.24, 2.45) is 0 Å². The van der Waals surface area contributed by atoms with E-state index in [0.717, 1.165) is 11.8 Å². The summed E-state index contributed by atoms with van der Waals surface area (Å²) in [6.07, 6.45) is 12.3. The van der Waals surface area contributed by atoms with Gasteiger partial charge in [0.15, 0.2) is 0 Å². The van der Waals surface area contributed by atoms with Gasteiger partial charge in [-0.25, -0.2) is 0 Å². The summed E-state index contributed by atoms with van der Waals surface area (Å²) in [7, 11) is 0. The van der Waals surface area contributed by atoms with Crippen LogP contribution in [0.3, 0.4) is 0 Å². The number of nitrogens with one attached hydrogen (secondary N) is 1. The Hall–Kier alpha value is -0.130. The first-order valence-corrected chi connectivity index (χ1v) is 6.24. The number of rotatable bonds is 5. The molecular formula is C11H19NS. The van der Waals surface area contributed by atoms with E-state index >= 15 is 0 Å². The fourth-order valence-electron chi connectivity index (χ4n) is 1.69. The molecule has 0 bridgehead atoms. The molecule has 1 fully saturated rings. The highest BCUT2D eigenvalue weighted by molar-refractivity contribution is 7.99. The van der Waals surface area contributed by atoms with Crippen molar-refractivity contribution in [3.63, 3.8) is 0 Å². The van der Waals surface area contributed by atoms with Crippen LogP contribution in [0.2, 0.25) is 0 Å². The van der Waals surface area contributed by atoms with Gasteiger partial charge in [0.05, 0.1) is 6.54 Å². The molecule has 0 aromatic carbocycles. The minimum atomic E-state index is 0.714. The maximum absolute atomic E-state index is 5.13. The van der Waals surface area contributed by atoms with Gasteiger partial charge < -0.3 is 5.32 Å². The van der Waals surface area contributed by atoms with Crippen molar-refractivity contribution in [2.75, 3.05) is 18.8 Å². The van der Waals surface area contributed by atoms with Crippen LogP contribution in [0.25, 0.3) is 0 Å². The fraction of sp³-hybridized carbons (Fsp3) is 0.818. The third-order valence-corrected chi connectivity index (χ3v) is 3.79. The predicted octanol–water partition coefficient (Wildman–Crippen LogP) is 2.28. The molecule has 0 aromatic rings. The fourth-order valence-corrected chi connectivity index (χ4v) is 2.95. The van der Waals surface area contributed by atoms with Crippen molar-refractivity contribution >= 4 is 11.8 Å². The van der Waals surface area contributed by atoms with Crippen LogP contribution in [-0.4, -0.2) is 24.1 Å². The minimum absolute atomic E-state index is 0.714. The first kappa shape index (κ1) is 10.9. The lowest BCUT2D eigenvalue weighted by Gasteiger charge is -2.20. The van der Waals surface area contributed by atoms with Crippen LogP contribution >= 0.6 is 11.8 Å². The Bertz CT molecular complexity index is 156. The van der Waals surface area contributed by atoms with E-state index in [1.165, 1.54) is 37.9 Å². The van der Waals surface area contributed by atoms with Crippen LogP contribution < -0.4 is 5.32 Å². The lowest BCUT2D eigenvalue weighted by molar-refractivity contribution is 0.516. The van der Waals surface area contributed by atoms with E-state index in [0.29, 0.717) is 6.54 Å². The van der Waals surface area contributed by atoms with E-state index in [4.69, 9.17) is 6.42 Å². The molecule has 74 valence electrons. The maximum atomic E-state index is 5.13. The van der Waals surface area contributed by atoms with Crippen LogP contribution in [0.4, 0.5) is 0 Å². The molecule has 0 saturated heterocycles. The summed E-state index contributed by atoms with van der Waals surface area (Å²) in [4.78, 5) is 0. The summed E-state index contributed by atoms with van der Waals surface area (Å²) in [5.41, 5.74) is 0. The van der Waals surface area contributed by atoms with Gasteiger partial charge >= 0.3 is 0 Å². The lowest BCUT2D eigenvalue weighted by atomic mass is 10.0. The van der Waals surface area contributed by atoms with Crippen LogP contribution in [-0.2, 0) is 0 Å². The molecule has 0 aromatic heterocycles.